The Bertz CT molecular complexity index is 490. The summed E-state index contributed by atoms with van der Waals surface area (Å²) in [6.07, 6.45) is 5.07. The molecule has 1 atom stereocenters. The Morgan fingerprint density at radius 2 is 1.89 bits per heavy atom. The van der Waals surface area contributed by atoms with Crippen molar-refractivity contribution in [1.29, 1.82) is 0 Å². The Balaban J connectivity index is 1.79. The number of aromatic nitrogens is 2. The lowest BCUT2D eigenvalue weighted by molar-refractivity contribution is 0.174. The molecule has 2 aromatic rings. The van der Waals surface area contributed by atoms with Gasteiger partial charge in [0.2, 0.25) is 0 Å². The minimum atomic E-state index is -0.493. The van der Waals surface area contributed by atoms with Crippen molar-refractivity contribution in [2.45, 2.75) is 17.8 Å². The van der Waals surface area contributed by atoms with E-state index in [4.69, 9.17) is 0 Å². The zero-order valence-electron chi connectivity index (χ0n) is 10.8. The van der Waals surface area contributed by atoms with Crippen LogP contribution in [-0.4, -0.2) is 27.9 Å². The number of thioether (sulfide) groups is 1. The van der Waals surface area contributed by atoms with Crippen LogP contribution in [0.5, 0.6) is 0 Å². The summed E-state index contributed by atoms with van der Waals surface area (Å²) in [4.78, 5) is 8.40. The highest BCUT2D eigenvalue weighted by Crippen LogP contribution is 2.11. The van der Waals surface area contributed by atoms with Gasteiger partial charge < -0.3 is 10.4 Å². The van der Waals surface area contributed by atoms with E-state index < -0.39 is 6.10 Å². The van der Waals surface area contributed by atoms with Crippen LogP contribution in [0.4, 0.5) is 0 Å². The second kappa shape index (κ2) is 7.23. The second-order valence-electron chi connectivity index (χ2n) is 4.14. The molecular weight excluding hydrogens is 258 g/mol. The third-order valence-electron chi connectivity index (χ3n) is 2.72. The highest BCUT2D eigenvalue weighted by atomic mass is 32.2. The van der Waals surface area contributed by atoms with Crippen LogP contribution in [-0.2, 0) is 6.54 Å². The molecule has 1 aromatic carbocycles. The predicted octanol–water partition coefficient (Wildman–Crippen LogP) is 2.02. The quantitative estimate of drug-likeness (QED) is 0.624. The number of nitrogens with zero attached hydrogens (tertiary/aromatic N) is 2. The number of hydrogen-bond acceptors (Lipinski definition) is 5. The molecule has 0 unspecified atom stereocenters. The minimum Gasteiger partial charge on any atom is -0.387 e. The Labute approximate surface area is 117 Å². The van der Waals surface area contributed by atoms with Gasteiger partial charge in [-0.05, 0) is 11.8 Å². The predicted molar refractivity (Wildman–Crippen MR) is 76.9 cm³/mol. The van der Waals surface area contributed by atoms with Crippen LogP contribution in [0.1, 0.15) is 17.2 Å². The zero-order chi connectivity index (χ0) is 13.5. The van der Waals surface area contributed by atoms with E-state index in [0.29, 0.717) is 13.1 Å². The SMILES string of the molecule is CSc1ncc(CNC[C@H](O)c2ccccc2)cn1. The molecule has 0 bridgehead atoms. The lowest BCUT2D eigenvalue weighted by Crippen LogP contribution is -2.21. The number of nitrogens with one attached hydrogen (secondary N) is 1. The van der Waals surface area contributed by atoms with Crippen molar-refractivity contribution in [2.24, 2.45) is 0 Å². The molecule has 1 heterocycles. The largest absolute Gasteiger partial charge is 0.387 e. The van der Waals surface area contributed by atoms with Crippen molar-refractivity contribution in [3.8, 4) is 0 Å². The highest BCUT2D eigenvalue weighted by Gasteiger charge is 2.06. The molecule has 0 radical (unpaired) electrons. The molecular formula is C14H17N3OS. The maximum Gasteiger partial charge on any atom is 0.187 e. The molecule has 4 nitrogen and oxygen atoms in total. The Morgan fingerprint density at radius 3 is 2.53 bits per heavy atom. The number of aliphatic hydroxyl groups excluding tert-OH is 1. The van der Waals surface area contributed by atoms with E-state index in [9.17, 15) is 5.11 Å². The average molecular weight is 275 g/mol. The molecule has 0 saturated heterocycles. The molecule has 2 N–H and O–H groups in total. The maximum absolute atomic E-state index is 9.98. The van der Waals surface area contributed by atoms with Gasteiger partial charge in [-0.3, -0.25) is 0 Å². The smallest absolute Gasteiger partial charge is 0.187 e. The molecule has 1 aromatic heterocycles. The molecule has 0 aliphatic heterocycles. The molecule has 100 valence electrons. The fourth-order valence-corrected chi connectivity index (χ4v) is 2.00. The van der Waals surface area contributed by atoms with Crippen LogP contribution in [0.3, 0.4) is 0 Å². The summed E-state index contributed by atoms with van der Waals surface area (Å²) in [5.41, 5.74) is 1.93. The van der Waals surface area contributed by atoms with Crippen LogP contribution in [0.25, 0.3) is 0 Å². The summed E-state index contributed by atoms with van der Waals surface area (Å²) in [6, 6.07) is 9.63. The molecule has 0 spiro atoms. The van der Waals surface area contributed by atoms with Crippen molar-refractivity contribution >= 4 is 11.8 Å². The van der Waals surface area contributed by atoms with Crippen molar-refractivity contribution in [3.63, 3.8) is 0 Å². The van der Waals surface area contributed by atoms with E-state index >= 15 is 0 Å². The maximum atomic E-state index is 9.98. The van der Waals surface area contributed by atoms with Gasteiger partial charge in [-0.1, -0.05) is 42.1 Å². The normalized spacial score (nSPS) is 12.3. The summed E-state index contributed by atoms with van der Waals surface area (Å²) in [7, 11) is 0. The van der Waals surface area contributed by atoms with Gasteiger partial charge in [0.15, 0.2) is 5.16 Å². The summed E-state index contributed by atoms with van der Waals surface area (Å²) in [5, 5.41) is 14.0. The lowest BCUT2D eigenvalue weighted by Gasteiger charge is -2.12. The molecule has 0 saturated carbocycles. The van der Waals surface area contributed by atoms with Crippen LogP contribution < -0.4 is 5.32 Å². The second-order valence-corrected chi connectivity index (χ2v) is 4.91. The van der Waals surface area contributed by atoms with Crippen LogP contribution in [0, 0.1) is 0 Å². The highest BCUT2D eigenvalue weighted by molar-refractivity contribution is 7.98. The van der Waals surface area contributed by atoms with E-state index in [1.807, 2.05) is 36.6 Å². The van der Waals surface area contributed by atoms with E-state index in [1.165, 1.54) is 11.8 Å². The Hall–Kier alpha value is -1.43. The molecule has 0 aliphatic rings. The summed E-state index contributed by atoms with van der Waals surface area (Å²) in [6.45, 7) is 1.16. The number of benzene rings is 1. The van der Waals surface area contributed by atoms with E-state index in [2.05, 4.69) is 15.3 Å². The molecule has 5 heteroatoms. The van der Waals surface area contributed by atoms with Gasteiger partial charge in [-0.25, -0.2) is 9.97 Å². The summed E-state index contributed by atoms with van der Waals surface area (Å²) in [5.74, 6) is 0. The van der Waals surface area contributed by atoms with Crippen molar-refractivity contribution in [2.75, 3.05) is 12.8 Å². The number of aliphatic hydroxyl groups is 1. The molecule has 2 rings (SSSR count). The van der Waals surface area contributed by atoms with E-state index in [0.717, 1.165) is 16.3 Å². The van der Waals surface area contributed by atoms with Gasteiger partial charge in [0, 0.05) is 31.0 Å². The minimum absolute atomic E-state index is 0.493. The third-order valence-corrected chi connectivity index (χ3v) is 3.29. The first-order valence-corrected chi connectivity index (χ1v) is 7.30. The fourth-order valence-electron chi connectivity index (χ4n) is 1.69. The van der Waals surface area contributed by atoms with Gasteiger partial charge in [0.25, 0.3) is 0 Å². The first kappa shape index (κ1) is 14.0. The van der Waals surface area contributed by atoms with Crippen LogP contribution in [0.15, 0.2) is 47.9 Å². The standard InChI is InChI=1S/C14H17N3OS/c1-19-14-16-8-11(9-17-14)7-15-10-13(18)12-5-3-2-4-6-12/h2-6,8-9,13,15,18H,7,10H2,1H3/t13-/m0/s1. The van der Waals surface area contributed by atoms with Crippen LogP contribution >= 0.6 is 11.8 Å². The lowest BCUT2D eigenvalue weighted by atomic mass is 10.1. The van der Waals surface area contributed by atoms with Gasteiger partial charge in [0.05, 0.1) is 6.10 Å². The average Bonchev–Trinajstić information content (AvgIpc) is 2.49. The molecule has 0 amide bonds. The van der Waals surface area contributed by atoms with Gasteiger partial charge in [-0.2, -0.15) is 0 Å². The van der Waals surface area contributed by atoms with Crippen molar-refractivity contribution in [3.05, 3.63) is 53.9 Å². The first-order chi connectivity index (χ1) is 9.29. The topological polar surface area (TPSA) is 58.0 Å². The van der Waals surface area contributed by atoms with Gasteiger partial charge in [0.1, 0.15) is 0 Å². The Kier molecular flexibility index (Phi) is 5.32. The zero-order valence-corrected chi connectivity index (χ0v) is 11.6. The van der Waals surface area contributed by atoms with Crippen molar-refractivity contribution in [1.82, 2.24) is 15.3 Å². The third kappa shape index (κ3) is 4.31. The van der Waals surface area contributed by atoms with Gasteiger partial charge >= 0.3 is 0 Å². The molecule has 0 fully saturated rings. The number of hydrogen-bond donors (Lipinski definition) is 2. The molecule has 19 heavy (non-hydrogen) atoms. The van der Waals surface area contributed by atoms with Crippen molar-refractivity contribution < 1.29 is 5.11 Å². The first-order valence-electron chi connectivity index (χ1n) is 6.08. The molecule has 0 aliphatic carbocycles. The van der Waals surface area contributed by atoms with Gasteiger partial charge in [-0.15, -0.1) is 0 Å². The summed E-state index contributed by atoms with van der Waals surface area (Å²) < 4.78 is 0. The Morgan fingerprint density at radius 1 is 1.21 bits per heavy atom. The monoisotopic (exact) mass is 275 g/mol. The van der Waals surface area contributed by atoms with E-state index in [1.54, 1.807) is 12.4 Å². The van der Waals surface area contributed by atoms with Crippen LogP contribution in [0.2, 0.25) is 0 Å². The number of rotatable bonds is 6. The van der Waals surface area contributed by atoms with E-state index in [-0.39, 0.29) is 0 Å². The summed E-state index contributed by atoms with van der Waals surface area (Å²) >= 11 is 1.52. The fraction of sp³-hybridized carbons (Fsp3) is 0.286.